The fourth-order valence-corrected chi connectivity index (χ4v) is 2.25. The maximum absolute atomic E-state index is 13.8. The van der Waals surface area contributed by atoms with Crippen LogP contribution in [0.4, 0.5) is 14.6 Å². The molecule has 0 bridgehead atoms. The summed E-state index contributed by atoms with van der Waals surface area (Å²) >= 11 is 5.77. The average molecular weight is 364 g/mol. The van der Waals surface area contributed by atoms with E-state index in [0.717, 1.165) is 6.08 Å². The quantitative estimate of drug-likeness (QED) is 0.670. The number of carbonyl (C=O) groups is 1. The van der Waals surface area contributed by atoms with Crippen LogP contribution in [0.15, 0.2) is 49.3 Å². The van der Waals surface area contributed by atoms with Crippen molar-refractivity contribution in [2.45, 2.75) is 0 Å². The van der Waals surface area contributed by atoms with Crippen LogP contribution in [-0.2, 0) is 4.79 Å². The van der Waals surface area contributed by atoms with E-state index in [1.54, 1.807) is 12.1 Å². The molecule has 3 N–H and O–H groups in total. The van der Waals surface area contributed by atoms with Crippen LogP contribution in [0.5, 0.6) is 0 Å². The summed E-state index contributed by atoms with van der Waals surface area (Å²) in [6.45, 7) is 2.96. The minimum atomic E-state index is -0.981. The first-order valence-electron chi connectivity index (χ1n) is 6.84. The number of rotatable bonds is 2. The highest BCUT2D eigenvalue weighted by Gasteiger charge is 2.13. The molecule has 0 atom stereocenters. The summed E-state index contributed by atoms with van der Waals surface area (Å²) in [4.78, 5) is 17.0. The first-order valence-corrected chi connectivity index (χ1v) is 7.22. The van der Waals surface area contributed by atoms with Crippen molar-refractivity contribution in [3.8, 4) is 11.1 Å². The Morgan fingerprint density at radius 3 is 2.44 bits per heavy atom. The molecule has 0 aliphatic rings. The van der Waals surface area contributed by atoms with E-state index >= 15 is 0 Å². The largest absolute Gasteiger partial charge is 0.478 e. The minimum Gasteiger partial charge on any atom is -0.478 e. The monoisotopic (exact) mass is 363 g/mol. The van der Waals surface area contributed by atoms with Gasteiger partial charge in [-0.15, -0.1) is 0 Å². The Kier molecular flexibility index (Phi) is 5.61. The highest BCUT2D eigenvalue weighted by Crippen LogP contribution is 2.33. The second kappa shape index (κ2) is 7.67. The van der Waals surface area contributed by atoms with Crippen molar-refractivity contribution in [1.29, 1.82) is 0 Å². The number of halogens is 3. The van der Waals surface area contributed by atoms with Gasteiger partial charge in [0.2, 0.25) is 0 Å². The second-order valence-corrected chi connectivity index (χ2v) is 5.16. The molecule has 0 radical (unpaired) electrons. The standard InChI is InChI=1S/C14H8ClF2N3.C3H4O2/c15-9-5-7(1-3-10(9)16)8-2-4-11(17)13-12(8)14(18)20-6-19-13;1-2-3(4)5/h1-6H,(H2,18,19,20);2H,1H2,(H,4,5). The zero-order valence-corrected chi connectivity index (χ0v) is 13.5. The Morgan fingerprint density at radius 1 is 1.20 bits per heavy atom. The summed E-state index contributed by atoms with van der Waals surface area (Å²) < 4.78 is 27.0. The Bertz CT molecular complexity index is 964. The van der Waals surface area contributed by atoms with E-state index < -0.39 is 17.6 Å². The Labute approximate surface area is 146 Å². The number of hydrogen-bond acceptors (Lipinski definition) is 4. The van der Waals surface area contributed by atoms with Gasteiger partial charge in [0.25, 0.3) is 0 Å². The summed E-state index contributed by atoms with van der Waals surface area (Å²) in [5.74, 6) is -1.84. The first-order chi connectivity index (χ1) is 11.8. The molecule has 3 aromatic rings. The number of carboxylic acid groups (broad SMARTS) is 1. The van der Waals surface area contributed by atoms with E-state index in [-0.39, 0.29) is 16.4 Å². The summed E-state index contributed by atoms with van der Waals surface area (Å²) in [5.41, 5.74) is 7.14. The highest BCUT2D eigenvalue weighted by atomic mass is 35.5. The van der Waals surface area contributed by atoms with Gasteiger partial charge in [-0.25, -0.2) is 23.5 Å². The van der Waals surface area contributed by atoms with E-state index in [1.807, 2.05) is 0 Å². The van der Waals surface area contributed by atoms with Gasteiger partial charge in [0, 0.05) is 6.08 Å². The van der Waals surface area contributed by atoms with Gasteiger partial charge in [0.15, 0.2) is 0 Å². The lowest BCUT2D eigenvalue weighted by Gasteiger charge is -2.09. The first kappa shape index (κ1) is 18.3. The molecule has 1 aromatic heterocycles. The number of anilines is 1. The molecular weight excluding hydrogens is 352 g/mol. The molecule has 5 nitrogen and oxygen atoms in total. The number of nitrogens with two attached hydrogens (primary N) is 1. The predicted octanol–water partition coefficient (Wildman–Crippen LogP) is 4.07. The maximum Gasteiger partial charge on any atom is 0.327 e. The van der Waals surface area contributed by atoms with Crippen LogP contribution in [0.2, 0.25) is 5.02 Å². The van der Waals surface area contributed by atoms with E-state index in [2.05, 4.69) is 16.5 Å². The topological polar surface area (TPSA) is 89.1 Å². The van der Waals surface area contributed by atoms with E-state index in [1.165, 1.54) is 24.5 Å². The molecule has 25 heavy (non-hydrogen) atoms. The van der Waals surface area contributed by atoms with Crippen molar-refractivity contribution in [2.75, 3.05) is 5.73 Å². The molecule has 8 heteroatoms. The smallest absolute Gasteiger partial charge is 0.327 e. The molecule has 3 rings (SSSR count). The molecule has 1 heterocycles. The van der Waals surface area contributed by atoms with Crippen molar-refractivity contribution in [1.82, 2.24) is 9.97 Å². The second-order valence-electron chi connectivity index (χ2n) is 4.75. The van der Waals surface area contributed by atoms with Crippen LogP contribution in [0.25, 0.3) is 22.0 Å². The molecule has 0 fully saturated rings. The van der Waals surface area contributed by atoms with E-state index in [4.69, 9.17) is 22.4 Å². The number of benzene rings is 2. The van der Waals surface area contributed by atoms with Crippen LogP contribution in [-0.4, -0.2) is 21.0 Å². The molecular formula is C17H12ClF2N3O2. The third-order valence-electron chi connectivity index (χ3n) is 3.17. The summed E-state index contributed by atoms with van der Waals surface area (Å²) in [6.07, 6.45) is 2.03. The zero-order valence-electron chi connectivity index (χ0n) is 12.7. The maximum atomic E-state index is 13.8. The Hall–Kier alpha value is -3.06. The zero-order chi connectivity index (χ0) is 18.6. The van der Waals surface area contributed by atoms with Crippen molar-refractivity contribution in [3.63, 3.8) is 0 Å². The number of nitrogens with zero attached hydrogens (tertiary/aromatic N) is 2. The van der Waals surface area contributed by atoms with Gasteiger partial charge in [0.05, 0.1) is 10.4 Å². The van der Waals surface area contributed by atoms with Gasteiger partial charge in [-0.05, 0) is 29.3 Å². The molecule has 0 saturated carbocycles. The fourth-order valence-electron chi connectivity index (χ4n) is 2.07. The van der Waals surface area contributed by atoms with E-state index in [9.17, 15) is 13.6 Å². The minimum absolute atomic E-state index is 0.0182. The van der Waals surface area contributed by atoms with Crippen LogP contribution in [0, 0.1) is 11.6 Å². The number of aromatic nitrogens is 2. The SMILES string of the molecule is C=CC(=O)O.Nc1ncnc2c(F)ccc(-c3ccc(F)c(Cl)c3)c12. The lowest BCUT2D eigenvalue weighted by atomic mass is 10.0. The van der Waals surface area contributed by atoms with Crippen molar-refractivity contribution in [3.05, 3.63) is 66.0 Å². The average Bonchev–Trinajstić information content (AvgIpc) is 2.59. The van der Waals surface area contributed by atoms with Crippen molar-refractivity contribution < 1.29 is 18.7 Å². The van der Waals surface area contributed by atoms with Gasteiger partial charge in [-0.3, -0.25) is 0 Å². The number of carboxylic acids is 1. The molecule has 0 aliphatic carbocycles. The Balaban J connectivity index is 0.000000399. The van der Waals surface area contributed by atoms with Crippen LogP contribution in [0.3, 0.4) is 0 Å². The summed E-state index contributed by atoms with van der Waals surface area (Å²) in [6, 6.07) is 7.06. The van der Waals surface area contributed by atoms with Crippen LogP contribution >= 0.6 is 11.6 Å². The number of fused-ring (bicyclic) bond motifs is 1. The molecule has 0 saturated heterocycles. The number of hydrogen-bond donors (Lipinski definition) is 2. The molecule has 128 valence electrons. The molecule has 0 amide bonds. The van der Waals surface area contributed by atoms with Gasteiger partial charge < -0.3 is 10.8 Å². The van der Waals surface area contributed by atoms with Gasteiger partial charge in [-0.1, -0.05) is 30.3 Å². The third-order valence-corrected chi connectivity index (χ3v) is 3.46. The summed E-state index contributed by atoms with van der Waals surface area (Å²) in [7, 11) is 0. The van der Waals surface area contributed by atoms with Crippen molar-refractivity contribution >= 4 is 34.3 Å². The lowest BCUT2D eigenvalue weighted by molar-refractivity contribution is -0.131. The van der Waals surface area contributed by atoms with Gasteiger partial charge >= 0.3 is 5.97 Å². The van der Waals surface area contributed by atoms with Crippen LogP contribution in [0.1, 0.15) is 0 Å². The van der Waals surface area contributed by atoms with Gasteiger partial charge in [-0.2, -0.15) is 0 Å². The molecule has 0 aliphatic heterocycles. The highest BCUT2D eigenvalue weighted by molar-refractivity contribution is 6.31. The van der Waals surface area contributed by atoms with E-state index in [0.29, 0.717) is 16.5 Å². The predicted molar refractivity (Wildman–Crippen MR) is 92.1 cm³/mol. The third kappa shape index (κ3) is 4.07. The number of aliphatic carboxylic acids is 1. The molecule has 2 aromatic carbocycles. The molecule has 0 spiro atoms. The fraction of sp³-hybridized carbons (Fsp3) is 0. The lowest BCUT2D eigenvalue weighted by Crippen LogP contribution is -1.97. The molecule has 0 unspecified atom stereocenters. The summed E-state index contributed by atoms with van der Waals surface area (Å²) in [5, 5.41) is 7.97. The van der Waals surface area contributed by atoms with Gasteiger partial charge in [0.1, 0.15) is 29.3 Å². The Morgan fingerprint density at radius 2 is 1.84 bits per heavy atom. The number of nitrogen functional groups attached to an aromatic ring is 1. The van der Waals surface area contributed by atoms with Crippen LogP contribution < -0.4 is 5.73 Å². The van der Waals surface area contributed by atoms with Crippen molar-refractivity contribution in [2.24, 2.45) is 0 Å². The normalized spacial score (nSPS) is 10.0.